The van der Waals surface area contributed by atoms with Gasteiger partial charge in [-0.1, -0.05) is 18.5 Å². The highest BCUT2D eigenvalue weighted by molar-refractivity contribution is 8.00. The molecule has 0 spiro atoms. The summed E-state index contributed by atoms with van der Waals surface area (Å²) in [6.07, 6.45) is 7.17. The zero-order valence-electron chi connectivity index (χ0n) is 11.1. The average molecular weight is 285 g/mol. The van der Waals surface area contributed by atoms with Crippen molar-refractivity contribution in [3.63, 3.8) is 0 Å². The molecule has 1 aromatic rings. The number of hydrogen-bond donors (Lipinski definition) is 1. The number of halogens is 1. The van der Waals surface area contributed by atoms with Gasteiger partial charge in [0, 0.05) is 23.2 Å². The van der Waals surface area contributed by atoms with Crippen LogP contribution < -0.4 is 5.32 Å². The first-order valence-electron chi connectivity index (χ1n) is 6.61. The zero-order chi connectivity index (χ0) is 13.0. The van der Waals surface area contributed by atoms with E-state index in [2.05, 4.69) is 35.9 Å². The van der Waals surface area contributed by atoms with Crippen LogP contribution in [-0.2, 0) is 6.42 Å². The maximum absolute atomic E-state index is 6.22. The van der Waals surface area contributed by atoms with E-state index in [1.54, 1.807) is 6.20 Å². The Hall–Kier alpha value is -0.250. The Balaban J connectivity index is 2.13. The first kappa shape index (κ1) is 14.2. The third-order valence-corrected chi connectivity index (χ3v) is 5.70. The summed E-state index contributed by atoms with van der Waals surface area (Å²) in [5, 5.41) is 4.43. The molecule has 0 bridgehead atoms. The second-order valence-electron chi connectivity index (χ2n) is 5.05. The SMILES string of the molecule is CCNC(Cc1ccncc1Cl)C1(C)CCCS1. The molecule has 1 aliphatic rings. The van der Waals surface area contributed by atoms with E-state index in [1.165, 1.54) is 24.2 Å². The molecule has 1 N–H and O–H groups in total. The Morgan fingerprint density at radius 1 is 1.61 bits per heavy atom. The van der Waals surface area contributed by atoms with E-state index in [0.717, 1.165) is 18.0 Å². The first-order valence-corrected chi connectivity index (χ1v) is 7.98. The molecule has 0 radical (unpaired) electrons. The van der Waals surface area contributed by atoms with Crippen molar-refractivity contribution in [3.8, 4) is 0 Å². The fraction of sp³-hybridized carbons (Fsp3) is 0.643. The molecule has 0 amide bonds. The minimum Gasteiger partial charge on any atom is -0.313 e. The van der Waals surface area contributed by atoms with Gasteiger partial charge in [-0.25, -0.2) is 0 Å². The lowest BCUT2D eigenvalue weighted by Gasteiger charge is -2.34. The molecule has 1 aromatic heterocycles. The summed E-state index contributed by atoms with van der Waals surface area (Å²) < 4.78 is 0.336. The molecule has 100 valence electrons. The van der Waals surface area contributed by atoms with Crippen LogP contribution in [0.1, 0.15) is 32.3 Å². The number of aromatic nitrogens is 1. The Morgan fingerprint density at radius 2 is 2.44 bits per heavy atom. The van der Waals surface area contributed by atoms with Crippen molar-refractivity contribution in [2.24, 2.45) is 0 Å². The molecule has 18 heavy (non-hydrogen) atoms. The number of nitrogens with one attached hydrogen (secondary N) is 1. The van der Waals surface area contributed by atoms with Gasteiger partial charge >= 0.3 is 0 Å². The second-order valence-corrected chi connectivity index (χ2v) is 7.08. The van der Waals surface area contributed by atoms with Crippen LogP contribution >= 0.6 is 23.4 Å². The number of nitrogens with zero attached hydrogens (tertiary/aromatic N) is 1. The Bertz CT molecular complexity index is 391. The van der Waals surface area contributed by atoms with Crippen LogP contribution in [0.25, 0.3) is 0 Å². The normalized spacial score (nSPS) is 25.3. The van der Waals surface area contributed by atoms with Crippen molar-refractivity contribution in [1.29, 1.82) is 0 Å². The minimum absolute atomic E-state index is 0.336. The zero-order valence-corrected chi connectivity index (χ0v) is 12.7. The monoisotopic (exact) mass is 284 g/mol. The van der Waals surface area contributed by atoms with Crippen LogP contribution in [0.5, 0.6) is 0 Å². The molecule has 2 atom stereocenters. The molecule has 1 saturated heterocycles. The summed E-state index contributed by atoms with van der Waals surface area (Å²) >= 11 is 8.32. The highest BCUT2D eigenvalue weighted by atomic mass is 35.5. The molecular weight excluding hydrogens is 264 g/mol. The van der Waals surface area contributed by atoms with Gasteiger partial charge in [-0.15, -0.1) is 0 Å². The third-order valence-electron chi connectivity index (χ3n) is 3.72. The molecule has 1 fully saturated rings. The predicted molar refractivity (Wildman–Crippen MR) is 80.5 cm³/mol. The molecule has 2 nitrogen and oxygen atoms in total. The van der Waals surface area contributed by atoms with Gasteiger partial charge in [-0.3, -0.25) is 4.98 Å². The predicted octanol–water partition coefficient (Wildman–Crippen LogP) is 3.54. The fourth-order valence-electron chi connectivity index (χ4n) is 2.62. The van der Waals surface area contributed by atoms with Crippen LogP contribution in [0.15, 0.2) is 18.5 Å². The Morgan fingerprint density at radius 3 is 3.06 bits per heavy atom. The highest BCUT2D eigenvalue weighted by Crippen LogP contribution is 2.41. The number of thioether (sulfide) groups is 1. The molecule has 1 aliphatic heterocycles. The smallest absolute Gasteiger partial charge is 0.0621 e. The van der Waals surface area contributed by atoms with Crippen molar-refractivity contribution in [2.45, 2.75) is 43.9 Å². The van der Waals surface area contributed by atoms with Crippen LogP contribution in [0.4, 0.5) is 0 Å². The van der Waals surface area contributed by atoms with Crippen molar-refractivity contribution in [1.82, 2.24) is 10.3 Å². The summed E-state index contributed by atoms with van der Waals surface area (Å²) in [5.74, 6) is 1.28. The lowest BCUT2D eigenvalue weighted by atomic mass is 9.91. The first-order chi connectivity index (χ1) is 8.65. The largest absolute Gasteiger partial charge is 0.313 e. The number of hydrogen-bond acceptors (Lipinski definition) is 3. The van der Waals surface area contributed by atoms with Crippen molar-refractivity contribution >= 4 is 23.4 Å². The van der Waals surface area contributed by atoms with E-state index in [-0.39, 0.29) is 0 Å². The fourth-order valence-corrected chi connectivity index (χ4v) is 4.22. The van der Waals surface area contributed by atoms with Crippen molar-refractivity contribution in [2.75, 3.05) is 12.3 Å². The lowest BCUT2D eigenvalue weighted by molar-refractivity contribution is 0.406. The molecular formula is C14H21ClN2S. The molecule has 2 unspecified atom stereocenters. The molecule has 0 aromatic carbocycles. The topological polar surface area (TPSA) is 24.9 Å². The molecule has 4 heteroatoms. The van der Waals surface area contributed by atoms with Gasteiger partial charge in [-0.05, 0) is 50.1 Å². The Kier molecular flexibility index (Phi) is 4.93. The van der Waals surface area contributed by atoms with E-state index in [1.807, 2.05) is 12.3 Å². The van der Waals surface area contributed by atoms with E-state index in [9.17, 15) is 0 Å². The van der Waals surface area contributed by atoms with E-state index >= 15 is 0 Å². The second kappa shape index (κ2) is 6.27. The lowest BCUT2D eigenvalue weighted by Crippen LogP contribution is -2.46. The van der Waals surface area contributed by atoms with Gasteiger partial charge in [0.1, 0.15) is 0 Å². The van der Waals surface area contributed by atoms with Gasteiger partial charge < -0.3 is 5.32 Å². The van der Waals surface area contributed by atoms with Crippen molar-refractivity contribution in [3.05, 3.63) is 29.0 Å². The van der Waals surface area contributed by atoms with Crippen molar-refractivity contribution < 1.29 is 0 Å². The standard InChI is InChI=1S/C14H21ClN2S/c1-3-17-13(14(2)6-4-8-18-14)9-11-5-7-16-10-12(11)15/h5,7,10,13,17H,3-4,6,8-9H2,1-2H3. The maximum atomic E-state index is 6.22. The molecule has 2 heterocycles. The maximum Gasteiger partial charge on any atom is 0.0621 e. The summed E-state index contributed by atoms with van der Waals surface area (Å²) in [6.45, 7) is 5.56. The van der Waals surface area contributed by atoms with Crippen LogP contribution in [-0.4, -0.2) is 28.1 Å². The summed E-state index contributed by atoms with van der Waals surface area (Å²) in [6, 6.07) is 2.52. The number of likely N-dealkylation sites (N-methyl/N-ethyl adjacent to an activating group) is 1. The van der Waals surface area contributed by atoms with Crippen LogP contribution in [0, 0.1) is 0 Å². The van der Waals surface area contributed by atoms with Gasteiger partial charge in [0.15, 0.2) is 0 Å². The van der Waals surface area contributed by atoms with Gasteiger partial charge in [0.2, 0.25) is 0 Å². The molecule has 2 rings (SSSR count). The summed E-state index contributed by atoms with van der Waals surface area (Å²) in [4.78, 5) is 4.06. The number of pyridine rings is 1. The van der Waals surface area contributed by atoms with E-state index in [0.29, 0.717) is 10.8 Å². The van der Waals surface area contributed by atoms with E-state index < -0.39 is 0 Å². The quantitative estimate of drug-likeness (QED) is 0.895. The van der Waals surface area contributed by atoms with Gasteiger partial charge in [0.05, 0.1) is 5.02 Å². The summed E-state index contributed by atoms with van der Waals surface area (Å²) in [7, 11) is 0. The summed E-state index contributed by atoms with van der Waals surface area (Å²) in [5.41, 5.74) is 1.20. The molecule has 0 aliphatic carbocycles. The molecule has 0 saturated carbocycles. The number of rotatable bonds is 5. The Labute approximate surface area is 119 Å². The van der Waals surface area contributed by atoms with Crippen LogP contribution in [0.2, 0.25) is 5.02 Å². The van der Waals surface area contributed by atoms with Crippen LogP contribution in [0.3, 0.4) is 0 Å². The van der Waals surface area contributed by atoms with Gasteiger partial charge in [-0.2, -0.15) is 11.8 Å². The van der Waals surface area contributed by atoms with E-state index in [4.69, 9.17) is 11.6 Å². The minimum atomic E-state index is 0.336. The average Bonchev–Trinajstić information content (AvgIpc) is 2.79. The third kappa shape index (κ3) is 3.19. The highest BCUT2D eigenvalue weighted by Gasteiger charge is 2.37. The van der Waals surface area contributed by atoms with Gasteiger partial charge in [0.25, 0.3) is 0 Å².